The summed E-state index contributed by atoms with van der Waals surface area (Å²) in [5, 5.41) is 7.09. The summed E-state index contributed by atoms with van der Waals surface area (Å²) in [6.07, 6.45) is -4.47. The molecule has 2 heterocycles. The molecule has 1 amide bonds. The number of carbonyl (C=O) groups is 1. The number of hydrogen-bond acceptors (Lipinski definition) is 8. The second-order valence-electron chi connectivity index (χ2n) is 10.3. The number of aromatic nitrogens is 3. The molecule has 0 aliphatic rings. The number of alkyl halides is 3. The molecule has 3 aromatic carbocycles. The van der Waals surface area contributed by atoms with Crippen molar-refractivity contribution in [2.24, 2.45) is 5.73 Å². The largest absolute Gasteiger partial charge is 0.488 e. The zero-order valence-corrected chi connectivity index (χ0v) is 23.9. The molecule has 228 valence electrons. The normalized spacial score (nSPS) is 11.6. The Morgan fingerprint density at radius 1 is 0.864 bits per heavy atom. The van der Waals surface area contributed by atoms with Crippen molar-refractivity contribution < 1.29 is 36.5 Å². The number of ether oxygens (including phenoxy) is 2. The van der Waals surface area contributed by atoms with E-state index in [2.05, 4.69) is 19.8 Å². The Balaban J connectivity index is 1.48. The Morgan fingerprint density at radius 3 is 2.02 bits per heavy atom. The van der Waals surface area contributed by atoms with Gasteiger partial charge in [-0.3, -0.25) is 4.79 Å². The first-order valence-electron chi connectivity index (χ1n) is 13.8. The van der Waals surface area contributed by atoms with Crippen molar-refractivity contribution in [3.8, 4) is 22.9 Å². The quantitative estimate of drug-likeness (QED) is 0.162. The average molecular weight is 607 g/mol. The summed E-state index contributed by atoms with van der Waals surface area (Å²) in [5.41, 5.74) is 8.55. The number of nitrogens with two attached hydrogens (primary N) is 1. The molecule has 5 rings (SSSR count). The van der Waals surface area contributed by atoms with E-state index in [1.165, 1.54) is 0 Å². The van der Waals surface area contributed by atoms with Crippen molar-refractivity contribution in [3.63, 3.8) is 0 Å². The van der Waals surface area contributed by atoms with Crippen molar-refractivity contribution >= 4 is 5.91 Å². The summed E-state index contributed by atoms with van der Waals surface area (Å²) in [5.74, 6) is -1.71. The van der Waals surface area contributed by atoms with E-state index in [1.54, 1.807) is 0 Å². The van der Waals surface area contributed by atoms with E-state index in [0.717, 1.165) is 22.3 Å². The van der Waals surface area contributed by atoms with Gasteiger partial charge in [0.15, 0.2) is 5.69 Å². The molecule has 0 fully saturated rings. The van der Waals surface area contributed by atoms with E-state index < -0.39 is 29.5 Å². The van der Waals surface area contributed by atoms with Crippen LogP contribution < -0.4 is 15.2 Å². The minimum absolute atomic E-state index is 0.0674. The van der Waals surface area contributed by atoms with Gasteiger partial charge >= 0.3 is 12.1 Å². The third-order valence-electron chi connectivity index (χ3n) is 6.80. The summed E-state index contributed by atoms with van der Waals surface area (Å²) in [7, 11) is 0. The zero-order valence-electron chi connectivity index (χ0n) is 23.9. The minimum atomic E-state index is -4.88. The number of hydrogen-bond donors (Lipinski definition) is 1. The number of halogens is 3. The molecule has 0 saturated heterocycles. The second-order valence-corrected chi connectivity index (χ2v) is 10.3. The third-order valence-corrected chi connectivity index (χ3v) is 6.80. The fraction of sp³-hybridized carbons (Fsp3) is 0.250. The molecule has 0 saturated carbocycles. The topological polar surface area (TPSA) is 127 Å². The van der Waals surface area contributed by atoms with Gasteiger partial charge in [0.25, 0.3) is 5.91 Å². The number of primary amides is 1. The second kappa shape index (κ2) is 13.0. The number of benzene rings is 3. The maximum absolute atomic E-state index is 13.1. The first kappa shape index (κ1) is 30.3. The number of amides is 1. The van der Waals surface area contributed by atoms with Crippen molar-refractivity contribution in [2.45, 2.75) is 52.0 Å². The zero-order chi connectivity index (χ0) is 31.3. The van der Waals surface area contributed by atoms with E-state index in [-0.39, 0.29) is 30.3 Å². The first-order valence-corrected chi connectivity index (χ1v) is 13.8. The van der Waals surface area contributed by atoms with Gasteiger partial charge < -0.3 is 24.3 Å². The molecule has 0 bridgehead atoms. The standard InChI is InChI=1S/C32H29F3N4O5/c1-19(2)23-15-22(13-14-24-27(28(29(36)40)38-43-24)30-37-31(44-39-30)32(33,34)35)25(41-17-20-9-5-3-6-10-20)16-26(23)42-18-21-11-7-4-8-12-21/h3-12,15-16,19H,13-14,17-18H2,1-2H3,(H2,36,40). The van der Waals surface area contributed by atoms with E-state index in [0.29, 0.717) is 24.5 Å². The van der Waals surface area contributed by atoms with Crippen molar-refractivity contribution in [1.29, 1.82) is 0 Å². The molecule has 0 spiro atoms. The highest BCUT2D eigenvalue weighted by Crippen LogP contribution is 2.37. The molecule has 0 radical (unpaired) electrons. The molecule has 2 aromatic heterocycles. The van der Waals surface area contributed by atoms with E-state index in [9.17, 15) is 18.0 Å². The molecule has 0 aliphatic heterocycles. The molecule has 9 nitrogen and oxygen atoms in total. The summed E-state index contributed by atoms with van der Waals surface area (Å²) in [6.45, 7) is 4.73. The lowest BCUT2D eigenvalue weighted by atomic mass is 9.96. The van der Waals surface area contributed by atoms with Gasteiger partial charge in [0.05, 0.1) is 5.56 Å². The molecule has 12 heteroatoms. The predicted molar refractivity (Wildman–Crippen MR) is 153 cm³/mol. The Hall–Kier alpha value is -5.13. The Kier molecular flexibility index (Phi) is 8.98. The van der Waals surface area contributed by atoms with Gasteiger partial charge in [-0.2, -0.15) is 18.2 Å². The lowest BCUT2D eigenvalue weighted by Crippen LogP contribution is -2.13. The van der Waals surface area contributed by atoms with Gasteiger partial charge in [-0.25, -0.2) is 0 Å². The number of rotatable bonds is 12. The Morgan fingerprint density at radius 2 is 1.48 bits per heavy atom. The SMILES string of the molecule is CC(C)c1cc(CCc2onc(C(N)=O)c2-c2noc(C(F)(F)F)n2)c(OCc2ccccc2)cc1OCc1ccccc1. The molecule has 44 heavy (non-hydrogen) atoms. The average Bonchev–Trinajstić information content (AvgIpc) is 3.67. The van der Waals surface area contributed by atoms with E-state index in [1.807, 2.05) is 86.6 Å². The monoisotopic (exact) mass is 606 g/mol. The van der Waals surface area contributed by atoms with Crippen molar-refractivity contribution in [3.05, 3.63) is 112 Å². The van der Waals surface area contributed by atoms with Gasteiger partial charge in [-0.1, -0.05) is 84.8 Å². The van der Waals surface area contributed by atoms with Crippen LogP contribution in [0.3, 0.4) is 0 Å². The van der Waals surface area contributed by atoms with Crippen LogP contribution in [0.5, 0.6) is 11.5 Å². The van der Waals surface area contributed by atoms with Crippen molar-refractivity contribution in [1.82, 2.24) is 15.3 Å². The number of aryl methyl sites for hydroxylation is 2. The Bertz CT molecular complexity index is 1720. The van der Waals surface area contributed by atoms with E-state index in [4.69, 9.17) is 19.7 Å². The van der Waals surface area contributed by atoms with Crippen LogP contribution in [0.25, 0.3) is 11.4 Å². The highest BCUT2D eigenvalue weighted by molar-refractivity contribution is 5.97. The van der Waals surface area contributed by atoms with Crippen LogP contribution in [0.1, 0.15) is 64.2 Å². The van der Waals surface area contributed by atoms with Crippen LogP contribution in [-0.2, 0) is 32.2 Å². The fourth-order valence-electron chi connectivity index (χ4n) is 4.58. The van der Waals surface area contributed by atoms with Crippen LogP contribution in [0, 0.1) is 0 Å². The van der Waals surface area contributed by atoms with Gasteiger partial charge in [-0.15, -0.1) is 0 Å². The van der Waals surface area contributed by atoms with Crippen molar-refractivity contribution in [2.75, 3.05) is 0 Å². The van der Waals surface area contributed by atoms with E-state index >= 15 is 0 Å². The van der Waals surface area contributed by atoms with Gasteiger partial charge in [0.2, 0.25) is 5.82 Å². The number of carbonyl (C=O) groups excluding carboxylic acids is 1. The number of nitrogens with zero attached hydrogens (tertiary/aromatic N) is 3. The highest BCUT2D eigenvalue weighted by atomic mass is 19.4. The molecule has 0 atom stereocenters. The summed E-state index contributed by atoms with van der Waals surface area (Å²) >= 11 is 0. The lowest BCUT2D eigenvalue weighted by molar-refractivity contribution is -0.159. The third kappa shape index (κ3) is 7.08. The van der Waals surface area contributed by atoms with Crippen LogP contribution in [0.2, 0.25) is 0 Å². The first-order chi connectivity index (χ1) is 21.1. The smallest absolute Gasteiger partial charge is 0.471 e. The molecule has 5 aromatic rings. The fourth-order valence-corrected chi connectivity index (χ4v) is 4.58. The molecular formula is C32H29F3N4O5. The maximum atomic E-state index is 13.1. The molecule has 0 aliphatic carbocycles. The summed E-state index contributed by atoms with van der Waals surface area (Å²) in [6, 6.07) is 23.3. The molecule has 0 unspecified atom stereocenters. The van der Waals surface area contributed by atoms with Crippen LogP contribution in [0.4, 0.5) is 13.2 Å². The van der Waals surface area contributed by atoms with Crippen LogP contribution in [0.15, 0.2) is 81.8 Å². The summed E-state index contributed by atoms with van der Waals surface area (Å²) in [4.78, 5) is 15.4. The predicted octanol–water partition coefficient (Wildman–Crippen LogP) is 6.91. The Labute approximate surface area is 250 Å². The van der Waals surface area contributed by atoms with Crippen LogP contribution >= 0.6 is 0 Å². The molecule has 2 N–H and O–H groups in total. The maximum Gasteiger partial charge on any atom is 0.471 e. The summed E-state index contributed by atoms with van der Waals surface area (Å²) < 4.78 is 61.7. The van der Waals surface area contributed by atoms with Crippen LogP contribution in [-0.4, -0.2) is 21.2 Å². The van der Waals surface area contributed by atoms with Gasteiger partial charge in [0, 0.05) is 12.5 Å². The van der Waals surface area contributed by atoms with Gasteiger partial charge in [0.1, 0.15) is 30.5 Å². The lowest BCUT2D eigenvalue weighted by Gasteiger charge is -2.20. The minimum Gasteiger partial charge on any atom is -0.488 e. The molecular weight excluding hydrogens is 577 g/mol. The van der Waals surface area contributed by atoms with Gasteiger partial charge in [-0.05, 0) is 40.7 Å². The highest BCUT2D eigenvalue weighted by Gasteiger charge is 2.39.